The van der Waals surface area contributed by atoms with Gasteiger partial charge in [0.2, 0.25) is 5.91 Å². The largest absolute Gasteiger partial charge is 0.456 e. The molecule has 8 rings (SSSR count). The van der Waals surface area contributed by atoms with Gasteiger partial charge in [-0.15, -0.1) is 0 Å². The van der Waals surface area contributed by atoms with Gasteiger partial charge in [0.05, 0.1) is 35.3 Å². The number of aromatic nitrogens is 2. The summed E-state index contributed by atoms with van der Waals surface area (Å²) in [5, 5.41) is 16.5. The highest BCUT2D eigenvalue weighted by molar-refractivity contribution is 7.90. The Bertz CT molecular complexity index is 2660. The van der Waals surface area contributed by atoms with Gasteiger partial charge in [-0.3, -0.25) is 19.8 Å². The van der Waals surface area contributed by atoms with E-state index in [-0.39, 0.29) is 40.6 Å². The number of halogens is 1. The van der Waals surface area contributed by atoms with Crippen molar-refractivity contribution in [3.8, 4) is 11.5 Å². The Balaban J connectivity index is 0.901. The molecule has 0 radical (unpaired) electrons. The van der Waals surface area contributed by atoms with E-state index < -0.39 is 26.7 Å². The van der Waals surface area contributed by atoms with Crippen LogP contribution in [-0.4, -0.2) is 129 Å². The zero-order chi connectivity index (χ0) is 45.2. The number of likely N-dealkylation sites (N-methyl/N-ethyl adjacent to an activating group) is 1. The fourth-order valence-electron chi connectivity index (χ4n) is 8.76. The monoisotopic (exact) mass is 910 g/mol. The minimum Gasteiger partial charge on any atom is -0.456 e. The highest BCUT2D eigenvalue weighted by atomic mass is 35.5. The SMILES string of the molecule is CN(C)CC(=O)N1CCO[C@H](CNc2ccc(S(=O)(=O)n3ccc4cc(Oc5cccc(N6CCN(CC7=C(c8ccc(Cl)cc8)CC(C)(C)CC7)CC6)c5)cnc43)cc2[N+](=O)[O-])C1. The number of allylic oxidation sites excluding steroid dienone is 1. The Labute approximate surface area is 379 Å². The van der Waals surface area contributed by atoms with Crippen LogP contribution in [0.2, 0.25) is 5.02 Å². The molecule has 338 valence electrons. The predicted molar refractivity (Wildman–Crippen MR) is 250 cm³/mol. The summed E-state index contributed by atoms with van der Waals surface area (Å²) in [5.74, 6) is 1.03. The number of anilines is 2. The third-order valence-electron chi connectivity index (χ3n) is 12.2. The fourth-order valence-corrected chi connectivity index (χ4v) is 10.2. The van der Waals surface area contributed by atoms with Crippen molar-refractivity contribution in [1.82, 2.24) is 23.7 Å². The molecular formula is C47H55ClN8O7S. The number of morpholine rings is 1. The van der Waals surface area contributed by atoms with Crippen LogP contribution >= 0.6 is 11.6 Å². The first kappa shape index (κ1) is 45.1. The normalized spacial score (nSPS) is 18.4. The number of benzene rings is 3. The second kappa shape index (κ2) is 18.9. The summed E-state index contributed by atoms with van der Waals surface area (Å²) < 4.78 is 41.0. The number of hydrogen-bond donors (Lipinski definition) is 1. The van der Waals surface area contributed by atoms with Crippen molar-refractivity contribution in [2.75, 3.05) is 89.8 Å². The van der Waals surface area contributed by atoms with Crippen LogP contribution in [-0.2, 0) is 19.6 Å². The molecule has 0 bridgehead atoms. The zero-order valence-corrected chi connectivity index (χ0v) is 38.3. The van der Waals surface area contributed by atoms with Crippen LogP contribution in [0.4, 0.5) is 17.1 Å². The molecule has 0 saturated carbocycles. The van der Waals surface area contributed by atoms with Gasteiger partial charge in [-0.25, -0.2) is 17.4 Å². The van der Waals surface area contributed by atoms with Crippen molar-refractivity contribution in [3.05, 3.63) is 118 Å². The number of piperazine rings is 1. The zero-order valence-electron chi connectivity index (χ0n) is 36.7. The van der Waals surface area contributed by atoms with Crippen LogP contribution in [0.1, 0.15) is 38.7 Å². The van der Waals surface area contributed by atoms with Crippen molar-refractivity contribution >= 4 is 61.2 Å². The smallest absolute Gasteiger partial charge is 0.293 e. The summed E-state index contributed by atoms with van der Waals surface area (Å²) in [7, 11) is -0.650. The van der Waals surface area contributed by atoms with Crippen LogP contribution in [0.3, 0.4) is 0 Å². The molecule has 1 atom stereocenters. The van der Waals surface area contributed by atoms with Crippen LogP contribution in [0.5, 0.6) is 11.5 Å². The molecule has 15 nitrogen and oxygen atoms in total. The molecule has 3 aliphatic rings. The molecule has 64 heavy (non-hydrogen) atoms. The molecule has 5 aromatic rings. The van der Waals surface area contributed by atoms with Gasteiger partial charge in [0, 0.05) is 86.8 Å². The van der Waals surface area contributed by atoms with Gasteiger partial charge < -0.3 is 29.5 Å². The highest BCUT2D eigenvalue weighted by Gasteiger charge is 2.31. The molecule has 17 heteroatoms. The number of carbonyl (C=O) groups excluding carboxylic acids is 1. The Morgan fingerprint density at radius 2 is 1.80 bits per heavy atom. The Hall–Kier alpha value is -5.52. The Morgan fingerprint density at radius 3 is 2.55 bits per heavy atom. The third kappa shape index (κ3) is 10.4. The summed E-state index contributed by atoms with van der Waals surface area (Å²) in [6.07, 6.45) is 5.79. The number of carbonyl (C=O) groups is 1. The molecule has 1 amide bonds. The summed E-state index contributed by atoms with van der Waals surface area (Å²) >= 11 is 6.23. The van der Waals surface area contributed by atoms with E-state index in [1.54, 1.807) is 21.9 Å². The minimum absolute atomic E-state index is 0.0295. The summed E-state index contributed by atoms with van der Waals surface area (Å²) in [5.41, 5.74) is 5.46. The molecule has 3 aromatic carbocycles. The second-order valence-corrected chi connectivity index (χ2v) is 20.1. The van der Waals surface area contributed by atoms with Crippen LogP contribution in [0.25, 0.3) is 16.6 Å². The molecular weight excluding hydrogens is 856 g/mol. The van der Waals surface area contributed by atoms with E-state index in [0.29, 0.717) is 36.6 Å². The molecule has 2 fully saturated rings. The van der Waals surface area contributed by atoms with Crippen molar-refractivity contribution in [1.29, 1.82) is 0 Å². The number of ether oxygens (including phenoxy) is 2. The van der Waals surface area contributed by atoms with Gasteiger partial charge in [0.15, 0.2) is 5.65 Å². The van der Waals surface area contributed by atoms with Crippen molar-refractivity contribution in [2.24, 2.45) is 5.41 Å². The van der Waals surface area contributed by atoms with Gasteiger partial charge in [-0.1, -0.05) is 49.2 Å². The van der Waals surface area contributed by atoms with E-state index in [1.165, 1.54) is 47.7 Å². The quantitative estimate of drug-likeness (QED) is 0.0861. The number of nitro groups is 1. The maximum Gasteiger partial charge on any atom is 0.293 e. The standard InChI is InChI=1S/C47H55ClN8O7S/c1-47(2)16-14-35(42(27-47)33-8-10-36(48)11-9-33)30-52-18-20-53(21-19-52)37-6-5-7-38(25-37)63-39-24-34-15-17-55(46(34)50-28-39)64(60,61)41-12-13-43(44(26-41)56(58)59)49-29-40-31-54(22-23-62-40)45(57)32-51(3)4/h5-13,15,17,24-26,28,40,49H,14,16,18-23,27,29-32H2,1-4H3/t40-/m1/s1. The number of rotatable bonds is 14. The van der Waals surface area contributed by atoms with E-state index in [1.807, 2.05) is 44.4 Å². The van der Waals surface area contributed by atoms with Crippen LogP contribution in [0, 0.1) is 15.5 Å². The average Bonchev–Trinajstić information content (AvgIpc) is 3.71. The predicted octanol–water partition coefficient (Wildman–Crippen LogP) is 7.61. The molecule has 4 heterocycles. The molecule has 0 spiro atoms. The topological polar surface area (TPSA) is 156 Å². The number of amides is 1. The molecule has 1 N–H and O–H groups in total. The number of fused-ring (bicyclic) bond motifs is 1. The average molecular weight is 912 g/mol. The third-order valence-corrected chi connectivity index (χ3v) is 14.2. The minimum atomic E-state index is -4.29. The molecule has 1 aliphatic carbocycles. The molecule has 0 unspecified atom stereocenters. The first-order chi connectivity index (χ1) is 30.6. The number of nitrogens with one attached hydrogen (secondary N) is 1. The summed E-state index contributed by atoms with van der Waals surface area (Å²) in [6, 6.07) is 23.3. The maximum absolute atomic E-state index is 13.9. The van der Waals surface area contributed by atoms with Crippen LogP contribution in [0.15, 0.2) is 102 Å². The van der Waals surface area contributed by atoms with E-state index in [2.05, 4.69) is 52.1 Å². The van der Waals surface area contributed by atoms with Gasteiger partial charge >= 0.3 is 0 Å². The van der Waals surface area contributed by atoms with Crippen molar-refractivity contribution in [3.63, 3.8) is 0 Å². The number of pyridine rings is 1. The lowest BCUT2D eigenvalue weighted by molar-refractivity contribution is -0.384. The number of hydrogen-bond acceptors (Lipinski definition) is 12. The lowest BCUT2D eigenvalue weighted by atomic mass is 9.72. The first-order valence-electron chi connectivity index (χ1n) is 21.6. The summed E-state index contributed by atoms with van der Waals surface area (Å²) in [4.78, 5) is 36.8. The second-order valence-electron chi connectivity index (χ2n) is 17.9. The van der Waals surface area contributed by atoms with E-state index in [9.17, 15) is 23.3 Å². The van der Waals surface area contributed by atoms with Gasteiger partial charge in [-0.05, 0) is 98.4 Å². The fraction of sp³-hybridized carbons (Fsp3) is 0.404. The molecule has 2 aliphatic heterocycles. The van der Waals surface area contributed by atoms with E-state index in [0.717, 1.165) is 66.3 Å². The highest BCUT2D eigenvalue weighted by Crippen LogP contribution is 2.43. The van der Waals surface area contributed by atoms with Crippen molar-refractivity contribution < 1.29 is 27.6 Å². The molecule has 2 saturated heterocycles. The first-order valence-corrected chi connectivity index (χ1v) is 23.4. The lowest BCUT2D eigenvalue weighted by Gasteiger charge is -2.39. The van der Waals surface area contributed by atoms with Gasteiger partial charge in [0.25, 0.3) is 15.7 Å². The van der Waals surface area contributed by atoms with Crippen LogP contribution < -0.4 is 15.0 Å². The lowest BCUT2D eigenvalue weighted by Crippen LogP contribution is -2.50. The van der Waals surface area contributed by atoms with E-state index >= 15 is 0 Å². The maximum atomic E-state index is 13.9. The van der Waals surface area contributed by atoms with Crippen molar-refractivity contribution in [2.45, 2.75) is 44.1 Å². The Morgan fingerprint density at radius 1 is 1.02 bits per heavy atom. The van der Waals surface area contributed by atoms with Gasteiger partial charge in [-0.2, -0.15) is 0 Å². The Kier molecular flexibility index (Phi) is 13.3. The van der Waals surface area contributed by atoms with E-state index in [4.69, 9.17) is 21.1 Å². The summed E-state index contributed by atoms with van der Waals surface area (Å²) in [6.45, 7) is 10.9. The number of nitrogens with zero attached hydrogens (tertiary/aromatic N) is 7. The molecule has 2 aromatic heterocycles. The number of nitro benzene ring substituents is 1. The van der Waals surface area contributed by atoms with Gasteiger partial charge in [0.1, 0.15) is 17.2 Å².